The van der Waals surface area contributed by atoms with Crippen LogP contribution in [0.2, 0.25) is 0 Å². The first-order valence-electron chi connectivity index (χ1n) is 7.12. The van der Waals surface area contributed by atoms with E-state index in [1.807, 2.05) is 7.05 Å². The van der Waals surface area contributed by atoms with Gasteiger partial charge < -0.3 is 5.32 Å². The third kappa shape index (κ3) is 5.41. The SMILES string of the molecule is CNCC1CCCN(Cc2ccc(Br)cc2C(F)(F)F)C1.Cl. The van der Waals surface area contributed by atoms with Crippen molar-refractivity contribution in [3.63, 3.8) is 0 Å². The molecule has 22 heavy (non-hydrogen) atoms. The minimum absolute atomic E-state index is 0. The summed E-state index contributed by atoms with van der Waals surface area (Å²) in [6.07, 6.45) is -2.12. The van der Waals surface area contributed by atoms with Crippen LogP contribution in [0.1, 0.15) is 24.0 Å². The van der Waals surface area contributed by atoms with E-state index in [0.717, 1.165) is 32.5 Å². The van der Waals surface area contributed by atoms with E-state index in [-0.39, 0.29) is 12.4 Å². The molecular formula is C15H21BrClF3N2. The maximum Gasteiger partial charge on any atom is 0.416 e. The Kier molecular flexibility index (Phi) is 7.65. The van der Waals surface area contributed by atoms with E-state index in [0.29, 0.717) is 22.5 Å². The van der Waals surface area contributed by atoms with Gasteiger partial charge in [0.15, 0.2) is 0 Å². The number of likely N-dealkylation sites (tertiary alicyclic amines) is 1. The molecule has 2 nitrogen and oxygen atoms in total. The summed E-state index contributed by atoms with van der Waals surface area (Å²) in [5.74, 6) is 0.522. The quantitative estimate of drug-likeness (QED) is 0.808. The van der Waals surface area contributed by atoms with E-state index in [9.17, 15) is 13.2 Å². The zero-order chi connectivity index (χ0) is 15.5. The second kappa shape index (κ2) is 8.52. The van der Waals surface area contributed by atoms with Crippen molar-refractivity contribution in [3.8, 4) is 0 Å². The number of benzene rings is 1. The molecule has 0 bridgehead atoms. The first-order chi connectivity index (χ1) is 9.90. The van der Waals surface area contributed by atoms with Crippen molar-refractivity contribution in [2.45, 2.75) is 25.6 Å². The van der Waals surface area contributed by atoms with Crippen LogP contribution >= 0.6 is 28.3 Å². The molecule has 126 valence electrons. The first-order valence-corrected chi connectivity index (χ1v) is 7.92. The fourth-order valence-corrected chi connectivity index (χ4v) is 3.30. The summed E-state index contributed by atoms with van der Waals surface area (Å²) in [7, 11) is 1.91. The smallest absolute Gasteiger partial charge is 0.319 e. The number of hydrogen-bond donors (Lipinski definition) is 1. The highest BCUT2D eigenvalue weighted by Gasteiger charge is 2.34. The van der Waals surface area contributed by atoms with Crippen LogP contribution in [0.15, 0.2) is 22.7 Å². The molecule has 7 heteroatoms. The van der Waals surface area contributed by atoms with Crippen molar-refractivity contribution in [1.82, 2.24) is 10.2 Å². The van der Waals surface area contributed by atoms with Gasteiger partial charge in [-0.2, -0.15) is 13.2 Å². The predicted molar refractivity (Wildman–Crippen MR) is 88.3 cm³/mol. The lowest BCUT2D eigenvalue weighted by Crippen LogP contribution is -2.38. The molecule has 1 aliphatic rings. The lowest BCUT2D eigenvalue weighted by Gasteiger charge is -2.33. The normalized spacial score (nSPS) is 19.8. The third-order valence-electron chi connectivity index (χ3n) is 3.87. The topological polar surface area (TPSA) is 15.3 Å². The Labute approximate surface area is 144 Å². The van der Waals surface area contributed by atoms with Gasteiger partial charge >= 0.3 is 6.18 Å². The van der Waals surface area contributed by atoms with Gasteiger partial charge in [-0.15, -0.1) is 12.4 Å². The van der Waals surface area contributed by atoms with Crippen molar-refractivity contribution in [1.29, 1.82) is 0 Å². The summed E-state index contributed by atoms with van der Waals surface area (Å²) in [6, 6.07) is 4.43. The molecule has 0 spiro atoms. The molecule has 0 aliphatic carbocycles. The highest BCUT2D eigenvalue weighted by Crippen LogP contribution is 2.34. The molecule has 1 fully saturated rings. The van der Waals surface area contributed by atoms with Crippen LogP contribution < -0.4 is 5.32 Å². The van der Waals surface area contributed by atoms with Gasteiger partial charge in [0.25, 0.3) is 0 Å². The van der Waals surface area contributed by atoms with Gasteiger partial charge in [-0.1, -0.05) is 22.0 Å². The van der Waals surface area contributed by atoms with Crippen molar-refractivity contribution >= 4 is 28.3 Å². The van der Waals surface area contributed by atoms with Crippen molar-refractivity contribution < 1.29 is 13.2 Å². The van der Waals surface area contributed by atoms with Gasteiger partial charge in [0, 0.05) is 17.6 Å². The van der Waals surface area contributed by atoms with Gasteiger partial charge in [0.2, 0.25) is 0 Å². The van der Waals surface area contributed by atoms with Gasteiger partial charge in [0.1, 0.15) is 0 Å². The van der Waals surface area contributed by atoms with E-state index < -0.39 is 11.7 Å². The zero-order valence-corrected chi connectivity index (χ0v) is 14.8. The first kappa shape index (κ1) is 19.7. The van der Waals surface area contributed by atoms with Crippen molar-refractivity contribution in [2.24, 2.45) is 5.92 Å². The number of piperidine rings is 1. The number of alkyl halides is 3. The Hall–Kier alpha value is -0.300. The maximum atomic E-state index is 13.1. The molecule has 1 N–H and O–H groups in total. The second-order valence-electron chi connectivity index (χ2n) is 5.60. The van der Waals surface area contributed by atoms with Gasteiger partial charge in [0.05, 0.1) is 5.56 Å². The Morgan fingerprint density at radius 3 is 2.73 bits per heavy atom. The summed E-state index contributed by atoms with van der Waals surface area (Å²) in [6.45, 7) is 3.01. The molecule has 1 unspecified atom stereocenters. The maximum absolute atomic E-state index is 13.1. The van der Waals surface area contributed by atoms with Crippen LogP contribution in [0.3, 0.4) is 0 Å². The highest BCUT2D eigenvalue weighted by molar-refractivity contribution is 9.10. The molecule has 0 radical (unpaired) electrons. The summed E-state index contributed by atoms with van der Waals surface area (Å²) in [4.78, 5) is 2.13. The van der Waals surface area contributed by atoms with Crippen molar-refractivity contribution in [3.05, 3.63) is 33.8 Å². The number of hydrogen-bond acceptors (Lipinski definition) is 2. The van der Waals surface area contributed by atoms with Crippen LogP contribution in [0, 0.1) is 5.92 Å². The molecule has 1 aromatic rings. The molecular weight excluding hydrogens is 381 g/mol. The largest absolute Gasteiger partial charge is 0.416 e. The van der Waals surface area contributed by atoms with Crippen LogP contribution in [-0.2, 0) is 12.7 Å². The third-order valence-corrected chi connectivity index (χ3v) is 4.36. The summed E-state index contributed by atoms with van der Waals surface area (Å²) in [5.41, 5.74) is -0.177. The minimum Gasteiger partial charge on any atom is -0.319 e. The van der Waals surface area contributed by atoms with E-state index in [4.69, 9.17) is 0 Å². The van der Waals surface area contributed by atoms with E-state index in [2.05, 4.69) is 26.1 Å². The fraction of sp³-hybridized carbons (Fsp3) is 0.600. The number of nitrogens with zero attached hydrogens (tertiary/aromatic N) is 1. The Balaban J connectivity index is 0.00000242. The standard InChI is InChI=1S/C15H20BrF3N2.ClH/c1-20-8-11-3-2-6-21(9-11)10-12-4-5-13(16)7-14(12)15(17,18)19;/h4-5,7,11,20H,2-3,6,8-10H2,1H3;1H. The molecule has 1 saturated heterocycles. The number of nitrogens with one attached hydrogen (secondary N) is 1. The van der Waals surface area contributed by atoms with Crippen LogP contribution in [-0.4, -0.2) is 31.6 Å². The fourth-order valence-electron chi connectivity index (χ4n) is 2.94. The molecule has 0 aromatic heterocycles. The molecule has 1 aromatic carbocycles. The second-order valence-corrected chi connectivity index (χ2v) is 6.52. The van der Waals surface area contributed by atoms with Crippen molar-refractivity contribution in [2.75, 3.05) is 26.7 Å². The summed E-state index contributed by atoms with van der Waals surface area (Å²) >= 11 is 3.12. The average molecular weight is 402 g/mol. The zero-order valence-electron chi connectivity index (χ0n) is 12.4. The van der Waals surface area contributed by atoms with Gasteiger partial charge in [-0.25, -0.2) is 0 Å². The average Bonchev–Trinajstić information content (AvgIpc) is 2.40. The van der Waals surface area contributed by atoms with E-state index in [1.165, 1.54) is 6.07 Å². The monoisotopic (exact) mass is 400 g/mol. The van der Waals surface area contributed by atoms with Gasteiger partial charge in [-0.05, 0) is 56.6 Å². The van der Waals surface area contributed by atoms with E-state index >= 15 is 0 Å². The highest BCUT2D eigenvalue weighted by atomic mass is 79.9. The number of halogens is 5. The Morgan fingerprint density at radius 1 is 1.36 bits per heavy atom. The van der Waals surface area contributed by atoms with Crippen LogP contribution in [0.5, 0.6) is 0 Å². The Morgan fingerprint density at radius 2 is 2.09 bits per heavy atom. The Bertz CT molecular complexity index is 480. The molecule has 0 amide bonds. The van der Waals surface area contributed by atoms with E-state index in [1.54, 1.807) is 12.1 Å². The predicted octanol–water partition coefficient (Wildman–Crippen LogP) is 4.32. The molecule has 1 aliphatic heterocycles. The molecule has 0 saturated carbocycles. The molecule has 1 heterocycles. The minimum atomic E-state index is -4.31. The molecule has 1 atom stereocenters. The van der Waals surface area contributed by atoms with Crippen LogP contribution in [0.25, 0.3) is 0 Å². The molecule has 2 rings (SSSR count). The summed E-state index contributed by atoms with van der Waals surface area (Å²) in [5, 5.41) is 3.15. The lowest BCUT2D eigenvalue weighted by molar-refractivity contribution is -0.138. The number of rotatable bonds is 4. The lowest BCUT2D eigenvalue weighted by atomic mass is 9.97. The summed E-state index contributed by atoms with van der Waals surface area (Å²) < 4.78 is 39.9. The van der Waals surface area contributed by atoms with Crippen LogP contribution in [0.4, 0.5) is 13.2 Å². The van der Waals surface area contributed by atoms with Gasteiger partial charge in [-0.3, -0.25) is 4.90 Å².